The van der Waals surface area contributed by atoms with Gasteiger partial charge in [-0.1, -0.05) is 6.92 Å². The number of amides is 2. The van der Waals surface area contributed by atoms with Crippen LogP contribution in [0.2, 0.25) is 0 Å². The number of hydrogen-bond donors (Lipinski definition) is 2. The summed E-state index contributed by atoms with van der Waals surface area (Å²) in [7, 11) is 0. The fourth-order valence-electron chi connectivity index (χ4n) is 2.62. The summed E-state index contributed by atoms with van der Waals surface area (Å²) in [4.78, 5) is 23.7. The van der Waals surface area contributed by atoms with E-state index in [2.05, 4.69) is 17.8 Å². The zero-order valence-corrected chi connectivity index (χ0v) is 13.9. The molecular formula is C18H20N2O4. The number of hydrogen-bond acceptors (Lipinski definition) is 4. The molecule has 6 heteroatoms. The summed E-state index contributed by atoms with van der Waals surface area (Å²) >= 11 is 0. The topological polar surface area (TPSA) is 84.5 Å². The smallest absolute Gasteiger partial charge is 0.273 e. The Labute approximate surface area is 139 Å². The molecule has 2 unspecified atom stereocenters. The SMILES string of the molecule is Cc1cc(C(=O)NNC(=O)/C=C/c2ccc(C3CC3C)o2)c(C)o1. The minimum Gasteiger partial charge on any atom is -0.466 e. The minimum absolute atomic E-state index is 0.394. The highest BCUT2D eigenvalue weighted by Crippen LogP contribution is 2.47. The third-order valence-corrected chi connectivity index (χ3v) is 4.11. The van der Waals surface area contributed by atoms with Gasteiger partial charge in [0.2, 0.25) is 0 Å². The number of rotatable bonds is 4. The summed E-state index contributed by atoms with van der Waals surface area (Å²) < 4.78 is 11.0. The Morgan fingerprint density at radius 2 is 1.96 bits per heavy atom. The van der Waals surface area contributed by atoms with Gasteiger partial charge in [-0.15, -0.1) is 0 Å². The van der Waals surface area contributed by atoms with E-state index in [1.54, 1.807) is 26.0 Å². The zero-order chi connectivity index (χ0) is 17.3. The maximum absolute atomic E-state index is 11.9. The number of carbonyl (C=O) groups is 2. The van der Waals surface area contributed by atoms with Gasteiger partial charge in [-0.2, -0.15) is 0 Å². The van der Waals surface area contributed by atoms with E-state index < -0.39 is 11.8 Å². The van der Waals surface area contributed by atoms with Crippen molar-refractivity contribution in [2.24, 2.45) is 5.92 Å². The van der Waals surface area contributed by atoms with Crippen molar-refractivity contribution in [3.05, 3.63) is 52.9 Å². The first-order chi connectivity index (χ1) is 11.4. The predicted octanol–water partition coefficient (Wildman–Crippen LogP) is 3.09. The van der Waals surface area contributed by atoms with Gasteiger partial charge in [0.1, 0.15) is 23.0 Å². The average molecular weight is 328 g/mol. The van der Waals surface area contributed by atoms with Crippen LogP contribution in [0, 0.1) is 19.8 Å². The van der Waals surface area contributed by atoms with Gasteiger partial charge in [-0.25, -0.2) is 0 Å². The molecule has 1 fully saturated rings. The Morgan fingerprint density at radius 1 is 1.21 bits per heavy atom. The van der Waals surface area contributed by atoms with E-state index in [0.29, 0.717) is 34.7 Å². The largest absolute Gasteiger partial charge is 0.466 e. The van der Waals surface area contributed by atoms with Crippen LogP contribution in [0.25, 0.3) is 6.08 Å². The fraction of sp³-hybridized carbons (Fsp3) is 0.333. The van der Waals surface area contributed by atoms with Crippen molar-refractivity contribution >= 4 is 17.9 Å². The molecule has 1 aliphatic carbocycles. The number of carbonyl (C=O) groups excluding carboxylic acids is 2. The van der Waals surface area contributed by atoms with Crippen molar-refractivity contribution < 1.29 is 18.4 Å². The van der Waals surface area contributed by atoms with Crippen molar-refractivity contribution in [3.8, 4) is 0 Å². The Morgan fingerprint density at radius 3 is 2.58 bits per heavy atom. The van der Waals surface area contributed by atoms with Gasteiger partial charge in [0.25, 0.3) is 11.8 Å². The van der Waals surface area contributed by atoms with Crippen LogP contribution in [-0.4, -0.2) is 11.8 Å². The number of furan rings is 2. The van der Waals surface area contributed by atoms with E-state index in [9.17, 15) is 9.59 Å². The molecule has 2 aromatic rings. The summed E-state index contributed by atoms with van der Waals surface area (Å²) in [5.74, 6) is 3.03. The zero-order valence-electron chi connectivity index (χ0n) is 13.9. The van der Waals surface area contributed by atoms with Crippen molar-refractivity contribution in [1.82, 2.24) is 10.9 Å². The molecule has 1 saturated carbocycles. The molecule has 2 aromatic heterocycles. The monoisotopic (exact) mass is 328 g/mol. The Hall–Kier alpha value is -2.76. The van der Waals surface area contributed by atoms with Crippen molar-refractivity contribution in [2.45, 2.75) is 33.1 Å². The normalized spacial score (nSPS) is 19.5. The molecule has 2 heterocycles. The van der Waals surface area contributed by atoms with E-state index in [-0.39, 0.29) is 0 Å². The van der Waals surface area contributed by atoms with Crippen LogP contribution in [0.15, 0.2) is 33.1 Å². The third-order valence-electron chi connectivity index (χ3n) is 4.11. The Kier molecular flexibility index (Phi) is 4.29. The van der Waals surface area contributed by atoms with Crippen LogP contribution in [0.4, 0.5) is 0 Å². The van der Waals surface area contributed by atoms with Crippen molar-refractivity contribution in [3.63, 3.8) is 0 Å². The van der Waals surface area contributed by atoms with Gasteiger partial charge in [0.15, 0.2) is 0 Å². The van der Waals surface area contributed by atoms with Gasteiger partial charge < -0.3 is 8.83 Å². The van der Waals surface area contributed by atoms with Crippen LogP contribution < -0.4 is 10.9 Å². The van der Waals surface area contributed by atoms with E-state index in [1.807, 2.05) is 12.1 Å². The average Bonchev–Trinajstić information content (AvgIpc) is 2.95. The van der Waals surface area contributed by atoms with Gasteiger partial charge in [0, 0.05) is 12.0 Å². The molecule has 2 N–H and O–H groups in total. The van der Waals surface area contributed by atoms with Crippen LogP contribution in [-0.2, 0) is 4.79 Å². The molecular weight excluding hydrogens is 308 g/mol. The summed E-state index contributed by atoms with van der Waals surface area (Å²) in [5, 5.41) is 0. The summed E-state index contributed by atoms with van der Waals surface area (Å²) in [6.07, 6.45) is 4.04. The molecule has 6 nitrogen and oxygen atoms in total. The molecule has 126 valence electrons. The molecule has 2 amide bonds. The molecule has 0 radical (unpaired) electrons. The van der Waals surface area contributed by atoms with Crippen molar-refractivity contribution in [2.75, 3.05) is 0 Å². The van der Waals surface area contributed by atoms with Gasteiger partial charge in [0.05, 0.1) is 5.56 Å². The van der Waals surface area contributed by atoms with Crippen LogP contribution >= 0.6 is 0 Å². The first-order valence-corrected chi connectivity index (χ1v) is 7.89. The quantitative estimate of drug-likeness (QED) is 0.667. The molecule has 2 atom stereocenters. The minimum atomic E-state index is -0.445. The lowest BCUT2D eigenvalue weighted by Crippen LogP contribution is -2.40. The molecule has 3 rings (SSSR count). The molecule has 0 bridgehead atoms. The lowest BCUT2D eigenvalue weighted by Gasteiger charge is -2.03. The molecule has 0 spiro atoms. The van der Waals surface area contributed by atoms with Crippen LogP contribution in [0.1, 0.15) is 52.7 Å². The summed E-state index contributed by atoms with van der Waals surface area (Å²) in [5.41, 5.74) is 5.07. The lowest BCUT2D eigenvalue weighted by atomic mass is 10.2. The maximum Gasteiger partial charge on any atom is 0.273 e. The van der Waals surface area contributed by atoms with Crippen LogP contribution in [0.3, 0.4) is 0 Å². The highest BCUT2D eigenvalue weighted by Gasteiger charge is 2.36. The first-order valence-electron chi connectivity index (χ1n) is 7.89. The van der Waals surface area contributed by atoms with E-state index in [1.165, 1.54) is 6.08 Å². The van der Waals surface area contributed by atoms with E-state index >= 15 is 0 Å². The van der Waals surface area contributed by atoms with Crippen LogP contribution in [0.5, 0.6) is 0 Å². The summed E-state index contributed by atoms with van der Waals surface area (Å²) in [6, 6.07) is 5.40. The number of nitrogens with one attached hydrogen (secondary N) is 2. The predicted molar refractivity (Wildman–Crippen MR) is 88.1 cm³/mol. The van der Waals surface area contributed by atoms with Gasteiger partial charge in [-0.3, -0.25) is 20.4 Å². The molecule has 0 saturated heterocycles. The second kappa shape index (κ2) is 6.39. The van der Waals surface area contributed by atoms with Gasteiger partial charge in [-0.05, 0) is 50.5 Å². The maximum atomic E-state index is 11.9. The van der Waals surface area contributed by atoms with E-state index in [4.69, 9.17) is 8.83 Å². The molecule has 1 aliphatic rings. The Bertz CT molecular complexity index is 800. The second-order valence-corrected chi connectivity index (χ2v) is 6.16. The highest BCUT2D eigenvalue weighted by atomic mass is 16.3. The number of hydrazine groups is 1. The summed E-state index contributed by atoms with van der Waals surface area (Å²) in [6.45, 7) is 5.63. The fourth-order valence-corrected chi connectivity index (χ4v) is 2.62. The molecule has 24 heavy (non-hydrogen) atoms. The standard InChI is InChI=1S/C18H20N2O4/c1-10-8-14(10)16-6-4-13(24-16)5-7-17(21)19-20-18(22)15-9-11(2)23-12(15)3/h4-7,9-10,14H,8H2,1-3H3,(H,19,21)(H,20,22)/b7-5+. The van der Waals surface area contributed by atoms with E-state index in [0.717, 1.165) is 12.2 Å². The second-order valence-electron chi connectivity index (χ2n) is 6.16. The number of aryl methyl sites for hydroxylation is 2. The molecule has 0 aliphatic heterocycles. The van der Waals surface area contributed by atoms with Gasteiger partial charge >= 0.3 is 0 Å². The first kappa shape index (κ1) is 16.1. The third kappa shape index (κ3) is 3.59. The van der Waals surface area contributed by atoms with Crippen molar-refractivity contribution in [1.29, 1.82) is 0 Å². The highest BCUT2D eigenvalue weighted by molar-refractivity contribution is 5.98. The lowest BCUT2D eigenvalue weighted by molar-refractivity contribution is -0.117. The Balaban J connectivity index is 1.51. The molecule has 0 aromatic carbocycles.